The van der Waals surface area contributed by atoms with E-state index in [1.165, 1.54) is 32.3 Å². The van der Waals surface area contributed by atoms with Crippen molar-refractivity contribution in [3.05, 3.63) is 83.6 Å². The van der Waals surface area contributed by atoms with E-state index >= 15 is 0 Å². The number of aliphatic hydroxyl groups excluding tert-OH is 1. The highest BCUT2D eigenvalue weighted by Crippen LogP contribution is 2.37. The van der Waals surface area contributed by atoms with Gasteiger partial charge in [-0.15, -0.1) is 0 Å². The number of allylic oxidation sites excluding steroid dienone is 4. The first-order chi connectivity index (χ1) is 26.0. The summed E-state index contributed by atoms with van der Waals surface area (Å²) in [6.45, 7) is 6.53. The molecule has 0 radical (unpaired) electrons. The van der Waals surface area contributed by atoms with Crippen molar-refractivity contribution in [2.24, 2.45) is 10.9 Å². The molecule has 0 saturated carbocycles. The number of carbonyl (C=O) groups excluding carboxylic acids is 4. The fourth-order valence-corrected chi connectivity index (χ4v) is 7.98. The van der Waals surface area contributed by atoms with Gasteiger partial charge in [-0.3, -0.25) is 14.6 Å². The molecule has 286 valence electrons. The molecule has 3 heterocycles. The Morgan fingerprint density at radius 2 is 1.20 bits per heavy atom. The van der Waals surface area contributed by atoms with Crippen molar-refractivity contribution in [1.82, 2.24) is 20.4 Å². The molecule has 1 aliphatic carbocycles. The number of likely N-dealkylation sites (tertiary alicyclic amines) is 2. The summed E-state index contributed by atoms with van der Waals surface area (Å²) in [5, 5.41) is 15.4. The molecule has 2 fully saturated rings. The molecular weight excluding hydrogens is 686 g/mol. The topological polar surface area (TPSA) is 150 Å². The molecule has 0 spiro atoms. The van der Waals surface area contributed by atoms with Crippen LogP contribution >= 0.6 is 0 Å². The van der Waals surface area contributed by atoms with Gasteiger partial charge in [0.25, 0.3) is 0 Å². The van der Waals surface area contributed by atoms with E-state index in [1.807, 2.05) is 24.9 Å². The van der Waals surface area contributed by atoms with Crippen LogP contribution in [0.3, 0.4) is 0 Å². The number of hydrogen-bond donors (Lipinski definition) is 3. The lowest BCUT2D eigenvalue weighted by molar-refractivity contribution is -0.136. The second-order valence-electron chi connectivity index (χ2n) is 14.8. The molecule has 2 aromatic rings. The maximum absolute atomic E-state index is 13.6. The third-order valence-electron chi connectivity index (χ3n) is 11.0. The molecule has 0 unspecified atom stereocenters. The van der Waals surface area contributed by atoms with Crippen molar-refractivity contribution in [2.75, 3.05) is 27.3 Å². The van der Waals surface area contributed by atoms with Crippen LogP contribution in [-0.2, 0) is 19.1 Å². The van der Waals surface area contributed by atoms with Gasteiger partial charge in [-0.1, -0.05) is 74.5 Å². The van der Waals surface area contributed by atoms with Crippen LogP contribution in [0.4, 0.5) is 9.59 Å². The summed E-state index contributed by atoms with van der Waals surface area (Å²) in [5.74, 6) is -0.475. The number of aliphatic hydroxyl groups is 1. The number of amides is 4. The normalized spacial score (nSPS) is 21.2. The molecule has 2 aromatic carbocycles. The van der Waals surface area contributed by atoms with E-state index in [1.54, 1.807) is 4.90 Å². The lowest BCUT2D eigenvalue weighted by Gasteiger charge is -2.31. The highest BCUT2D eigenvalue weighted by molar-refractivity contribution is 6.04. The summed E-state index contributed by atoms with van der Waals surface area (Å²) >= 11 is 0. The number of ether oxygens (including phenoxy) is 2. The Bertz CT molecular complexity index is 1730. The van der Waals surface area contributed by atoms with Crippen molar-refractivity contribution in [1.29, 1.82) is 0 Å². The first kappa shape index (κ1) is 38.5. The standard InChI is InChI=1S/C42H51N5O7/c1-25(2)37(44-41(51)53-4)39(49)46-20-6-8-35(46)32-19-18-31(22-32)29-14-10-27(11-15-29)28-12-16-30(17-13-28)33-23-34(43-24-33)36-9-7-21-47(36)40(50)38(26(3)48)45-42(52)54-5/h10-19,24-26,35-38,48H,6-9,20-23H2,1-5H3,(H,44,51)(H,45,52)/t26-,35+,36+,37+,38+/m1/s1. The third kappa shape index (κ3) is 8.28. The van der Waals surface area contributed by atoms with Crippen molar-refractivity contribution in [2.45, 2.75) is 89.6 Å². The number of methoxy groups -OCH3 is 2. The summed E-state index contributed by atoms with van der Waals surface area (Å²) in [6, 6.07) is 15.1. The van der Waals surface area contributed by atoms with Crippen LogP contribution in [0.5, 0.6) is 0 Å². The molecule has 3 aliphatic heterocycles. The van der Waals surface area contributed by atoms with Crippen LogP contribution in [0.2, 0.25) is 0 Å². The van der Waals surface area contributed by atoms with Gasteiger partial charge in [-0.2, -0.15) is 0 Å². The predicted octanol–water partition coefficient (Wildman–Crippen LogP) is 5.72. The maximum Gasteiger partial charge on any atom is 0.407 e. The van der Waals surface area contributed by atoms with Crippen LogP contribution in [0.25, 0.3) is 22.3 Å². The molecule has 3 N–H and O–H groups in total. The van der Waals surface area contributed by atoms with Gasteiger partial charge in [0.15, 0.2) is 0 Å². The zero-order chi connectivity index (χ0) is 38.5. The first-order valence-corrected chi connectivity index (χ1v) is 18.8. The lowest BCUT2D eigenvalue weighted by atomic mass is 9.94. The molecule has 54 heavy (non-hydrogen) atoms. The van der Waals surface area contributed by atoms with Crippen LogP contribution in [0.1, 0.15) is 70.4 Å². The molecule has 2 saturated heterocycles. The highest BCUT2D eigenvalue weighted by atomic mass is 16.5. The molecule has 5 atom stereocenters. The van der Waals surface area contributed by atoms with E-state index in [0.717, 1.165) is 65.6 Å². The monoisotopic (exact) mass is 737 g/mol. The number of carbonyl (C=O) groups is 4. The van der Waals surface area contributed by atoms with Crippen molar-refractivity contribution in [3.63, 3.8) is 0 Å². The Morgan fingerprint density at radius 1 is 0.704 bits per heavy atom. The number of hydrogen-bond acceptors (Lipinski definition) is 8. The van der Waals surface area contributed by atoms with E-state index in [0.29, 0.717) is 19.5 Å². The average Bonchev–Trinajstić information content (AvgIpc) is 4.02. The van der Waals surface area contributed by atoms with Crippen LogP contribution in [0.15, 0.2) is 77.4 Å². The van der Waals surface area contributed by atoms with Crippen molar-refractivity contribution >= 4 is 40.9 Å². The molecule has 12 heteroatoms. The minimum Gasteiger partial charge on any atom is -0.453 e. The van der Waals surface area contributed by atoms with Gasteiger partial charge in [0.2, 0.25) is 11.8 Å². The zero-order valence-corrected chi connectivity index (χ0v) is 31.7. The minimum absolute atomic E-state index is 0.0126. The molecule has 0 bridgehead atoms. The largest absolute Gasteiger partial charge is 0.453 e. The van der Waals surface area contributed by atoms with E-state index in [9.17, 15) is 24.3 Å². The van der Waals surface area contributed by atoms with Gasteiger partial charge in [0, 0.05) is 31.4 Å². The summed E-state index contributed by atoms with van der Waals surface area (Å²) in [6.07, 6.45) is 8.55. The Kier molecular flexibility index (Phi) is 12.0. The number of alkyl carbamates (subject to hydrolysis) is 2. The smallest absolute Gasteiger partial charge is 0.407 e. The summed E-state index contributed by atoms with van der Waals surface area (Å²) in [4.78, 5) is 59.1. The number of rotatable bonds is 11. The first-order valence-electron chi connectivity index (χ1n) is 18.8. The van der Waals surface area contributed by atoms with Gasteiger partial charge in [0.1, 0.15) is 12.1 Å². The van der Waals surface area contributed by atoms with E-state index in [-0.39, 0.29) is 29.8 Å². The Morgan fingerprint density at radius 3 is 1.76 bits per heavy atom. The SMILES string of the molecule is COC(=O)N[C@H](C(=O)N1CCC[C@H]1C1=CC=C(c2ccc(-c3ccc(C4=CN=C([C@@H]5CCCN5C(=O)[C@@H](NC(=O)OC)[C@@H](C)O)C4)cc3)cc2)C1)C(C)C. The Balaban J connectivity index is 1.04. The predicted molar refractivity (Wildman–Crippen MR) is 207 cm³/mol. The molecular formula is C42H51N5O7. The van der Waals surface area contributed by atoms with E-state index in [4.69, 9.17) is 9.73 Å². The second-order valence-corrected chi connectivity index (χ2v) is 14.8. The fraction of sp³-hybridized carbons (Fsp3) is 0.452. The average molecular weight is 738 g/mol. The van der Waals surface area contributed by atoms with Gasteiger partial charge < -0.3 is 35.0 Å². The van der Waals surface area contributed by atoms with Crippen molar-refractivity contribution < 1.29 is 33.8 Å². The van der Waals surface area contributed by atoms with Gasteiger partial charge in [-0.05, 0) is 83.9 Å². The zero-order valence-electron chi connectivity index (χ0n) is 31.7. The summed E-state index contributed by atoms with van der Waals surface area (Å²) < 4.78 is 9.43. The van der Waals surface area contributed by atoms with Crippen LogP contribution in [-0.4, -0.2) is 102 Å². The number of nitrogens with one attached hydrogen (secondary N) is 2. The van der Waals surface area contributed by atoms with Crippen LogP contribution in [0, 0.1) is 5.92 Å². The number of benzene rings is 2. The Labute approximate surface area is 317 Å². The minimum atomic E-state index is -1.10. The summed E-state index contributed by atoms with van der Waals surface area (Å²) in [7, 11) is 2.53. The van der Waals surface area contributed by atoms with E-state index in [2.05, 4.69) is 76.1 Å². The lowest BCUT2D eigenvalue weighted by Crippen LogP contribution is -2.55. The molecule has 6 rings (SSSR count). The molecule has 4 aliphatic rings. The quantitative estimate of drug-likeness (QED) is 0.267. The van der Waals surface area contributed by atoms with Gasteiger partial charge >= 0.3 is 12.2 Å². The molecule has 4 amide bonds. The highest BCUT2D eigenvalue weighted by Gasteiger charge is 2.40. The number of nitrogens with zero attached hydrogens (tertiary/aromatic N) is 3. The second kappa shape index (κ2) is 16.8. The fourth-order valence-electron chi connectivity index (χ4n) is 7.98. The molecule has 12 nitrogen and oxygen atoms in total. The van der Waals surface area contributed by atoms with Gasteiger partial charge in [-0.25, -0.2) is 9.59 Å². The molecule has 0 aromatic heterocycles. The van der Waals surface area contributed by atoms with Gasteiger partial charge in [0.05, 0.1) is 32.4 Å². The van der Waals surface area contributed by atoms with E-state index < -0.39 is 30.4 Å². The van der Waals surface area contributed by atoms with Crippen LogP contribution < -0.4 is 10.6 Å². The third-order valence-corrected chi connectivity index (χ3v) is 11.0. The summed E-state index contributed by atoms with van der Waals surface area (Å²) in [5.41, 5.74) is 8.82. The number of aliphatic imine (C=N–C) groups is 1. The Hall–Kier alpha value is -5.23. The maximum atomic E-state index is 13.6. The van der Waals surface area contributed by atoms with Crippen molar-refractivity contribution in [3.8, 4) is 11.1 Å².